The quantitative estimate of drug-likeness (QED) is 0.151. The minimum atomic E-state index is -0.201. The molecule has 1 heterocycles. The summed E-state index contributed by atoms with van der Waals surface area (Å²) in [5.41, 5.74) is 9.67. The van der Waals surface area contributed by atoms with Gasteiger partial charge in [-0.2, -0.15) is 0 Å². The highest BCUT2D eigenvalue weighted by Gasteiger charge is 2.34. The monoisotopic (exact) mass is 577 g/mol. The van der Waals surface area contributed by atoms with Crippen LogP contribution in [0.2, 0.25) is 0 Å². The van der Waals surface area contributed by atoms with Crippen molar-refractivity contribution in [3.8, 4) is 11.1 Å². The minimum Gasteiger partial charge on any atom is -0.309 e. The van der Waals surface area contributed by atoms with E-state index in [-0.39, 0.29) is 17.1 Å². The maximum Gasteiger partial charge on any atom is 0.197 e. The summed E-state index contributed by atoms with van der Waals surface area (Å²) in [6.07, 6.45) is 1.80. The van der Waals surface area contributed by atoms with Crippen molar-refractivity contribution in [2.45, 2.75) is 13.8 Å². The summed E-state index contributed by atoms with van der Waals surface area (Å²) < 4.78 is 0. The lowest BCUT2D eigenvalue weighted by Gasteiger charge is -2.34. The zero-order valence-corrected chi connectivity index (χ0v) is 24.9. The average Bonchev–Trinajstić information content (AvgIpc) is 3.28. The third kappa shape index (κ3) is 3.71. The number of hydrogen-bond acceptors (Lipinski definition) is 3. The number of carbonyl (C=O) groups excluding carboxylic acids is 2. The molecule has 3 heteroatoms. The van der Waals surface area contributed by atoms with E-state index in [0.29, 0.717) is 11.1 Å². The number of carbonyl (C=O) groups is 2. The normalized spacial score (nSPS) is 13.6. The van der Waals surface area contributed by atoms with Gasteiger partial charge in [0, 0.05) is 27.8 Å². The van der Waals surface area contributed by atoms with E-state index in [1.54, 1.807) is 6.08 Å². The highest BCUT2D eigenvalue weighted by molar-refractivity contribution is 6.41. The number of anilines is 3. The van der Waals surface area contributed by atoms with Gasteiger partial charge in [-0.25, -0.2) is 0 Å². The Bertz CT molecular complexity index is 2460. The molecule has 0 atom stereocenters. The molecule has 0 N–H and O–H groups in total. The maximum atomic E-state index is 13.5. The molecule has 0 aromatic heterocycles. The van der Waals surface area contributed by atoms with E-state index >= 15 is 0 Å². The molecular formula is C42H27NO2. The third-order valence-corrected chi connectivity index (χ3v) is 9.59. The predicted octanol–water partition coefficient (Wildman–Crippen LogP) is 10.7. The number of ketones is 2. The summed E-state index contributed by atoms with van der Waals surface area (Å²) in [5, 5.41) is 6.84. The van der Waals surface area contributed by atoms with Crippen LogP contribution >= 0.6 is 0 Å². The van der Waals surface area contributed by atoms with Crippen LogP contribution in [0.1, 0.15) is 37.4 Å². The first-order chi connectivity index (χ1) is 22.0. The standard InChI is InChI=1S/C42H27NO2/c1-24-18-35-36(19-25(24)2)42(45)37(41(35)44)22-30-15-17-38-40-32(30)12-7-13-33(40)34-21-28-10-5-6-11-29(28)23-39(34)43(38)31-16-14-26-8-3-4-9-27(26)20-31/h3-23H,1-2H3. The SMILES string of the molecule is Cc1cc2c(cc1C)C(=O)C(=Cc1ccc3c4c(cccc14)-c1cc4ccccc4cc1N3c1ccc3ccccc3c1)C2=O. The Kier molecular flexibility index (Phi) is 5.33. The van der Waals surface area contributed by atoms with Gasteiger partial charge in [-0.3, -0.25) is 9.59 Å². The van der Waals surface area contributed by atoms with Crippen molar-refractivity contribution in [2.24, 2.45) is 0 Å². The van der Waals surface area contributed by atoms with Crippen LogP contribution in [-0.2, 0) is 0 Å². The number of hydrogen-bond donors (Lipinski definition) is 0. The Morgan fingerprint density at radius 3 is 1.87 bits per heavy atom. The smallest absolute Gasteiger partial charge is 0.197 e. The van der Waals surface area contributed by atoms with E-state index in [0.717, 1.165) is 55.7 Å². The summed E-state index contributed by atoms with van der Waals surface area (Å²) >= 11 is 0. The molecule has 1 aliphatic heterocycles. The molecule has 7 aromatic carbocycles. The zero-order chi connectivity index (χ0) is 30.4. The van der Waals surface area contributed by atoms with Gasteiger partial charge in [0.2, 0.25) is 0 Å². The summed E-state index contributed by atoms with van der Waals surface area (Å²) in [6.45, 7) is 3.95. The molecule has 9 rings (SSSR count). The van der Waals surface area contributed by atoms with Crippen molar-refractivity contribution in [3.63, 3.8) is 0 Å². The highest BCUT2D eigenvalue weighted by atomic mass is 16.2. The van der Waals surface area contributed by atoms with E-state index in [9.17, 15) is 9.59 Å². The zero-order valence-electron chi connectivity index (χ0n) is 24.9. The first kappa shape index (κ1) is 25.7. The number of fused-ring (bicyclic) bond motifs is 5. The lowest BCUT2D eigenvalue weighted by molar-refractivity contribution is 0.0990. The highest BCUT2D eigenvalue weighted by Crippen LogP contribution is 2.53. The predicted molar refractivity (Wildman–Crippen MR) is 185 cm³/mol. The number of Topliss-reactive ketones (excluding diaryl/α,β-unsaturated/α-hetero) is 2. The van der Waals surface area contributed by atoms with E-state index in [2.05, 4.69) is 114 Å². The fraction of sp³-hybridized carbons (Fsp3) is 0.0476. The molecule has 0 radical (unpaired) electrons. The maximum absolute atomic E-state index is 13.5. The van der Waals surface area contributed by atoms with Crippen LogP contribution in [0, 0.1) is 13.8 Å². The molecule has 3 nitrogen and oxygen atoms in total. The number of allylic oxidation sites excluding steroid dienone is 1. The molecule has 0 amide bonds. The Balaban J connectivity index is 1.30. The molecular weight excluding hydrogens is 550 g/mol. The first-order valence-corrected chi connectivity index (χ1v) is 15.3. The van der Waals surface area contributed by atoms with Crippen LogP contribution < -0.4 is 4.90 Å². The molecule has 1 aliphatic carbocycles. The molecule has 0 fully saturated rings. The second-order valence-electron chi connectivity index (χ2n) is 12.2. The van der Waals surface area contributed by atoms with Crippen molar-refractivity contribution in [1.82, 2.24) is 0 Å². The van der Waals surface area contributed by atoms with Crippen molar-refractivity contribution in [2.75, 3.05) is 4.90 Å². The van der Waals surface area contributed by atoms with Gasteiger partial charge < -0.3 is 4.90 Å². The fourth-order valence-electron chi connectivity index (χ4n) is 7.17. The van der Waals surface area contributed by atoms with Gasteiger partial charge in [-0.05, 0) is 112 Å². The van der Waals surface area contributed by atoms with E-state index in [4.69, 9.17) is 0 Å². The topological polar surface area (TPSA) is 37.4 Å². The molecule has 0 bridgehead atoms. The van der Waals surface area contributed by atoms with Gasteiger partial charge in [0.05, 0.1) is 16.9 Å². The molecule has 212 valence electrons. The van der Waals surface area contributed by atoms with E-state index in [1.807, 2.05) is 26.0 Å². The number of benzene rings is 7. The van der Waals surface area contributed by atoms with Crippen LogP contribution in [0.15, 0.2) is 127 Å². The second kappa shape index (κ2) is 9.35. The third-order valence-electron chi connectivity index (χ3n) is 9.59. The van der Waals surface area contributed by atoms with Gasteiger partial charge in [0.25, 0.3) is 0 Å². The summed E-state index contributed by atoms with van der Waals surface area (Å²) in [5.74, 6) is -0.402. The molecule has 0 spiro atoms. The number of nitrogens with zero attached hydrogens (tertiary/aromatic N) is 1. The van der Waals surface area contributed by atoms with Gasteiger partial charge in [-0.15, -0.1) is 0 Å². The van der Waals surface area contributed by atoms with Crippen LogP contribution in [0.25, 0.3) is 49.5 Å². The Morgan fingerprint density at radius 2 is 1.16 bits per heavy atom. The summed E-state index contributed by atoms with van der Waals surface area (Å²) in [4.78, 5) is 29.4. The van der Waals surface area contributed by atoms with Gasteiger partial charge >= 0.3 is 0 Å². The molecule has 0 unspecified atom stereocenters. The van der Waals surface area contributed by atoms with E-state index < -0.39 is 0 Å². The van der Waals surface area contributed by atoms with Crippen molar-refractivity contribution in [3.05, 3.63) is 155 Å². The Hall–Kier alpha value is -5.80. The Labute approximate surface area is 260 Å². The van der Waals surface area contributed by atoms with Crippen molar-refractivity contribution >= 4 is 67.0 Å². The molecule has 0 saturated carbocycles. The van der Waals surface area contributed by atoms with E-state index in [1.165, 1.54) is 21.5 Å². The second-order valence-corrected chi connectivity index (χ2v) is 12.2. The Morgan fingerprint density at radius 1 is 0.511 bits per heavy atom. The van der Waals surface area contributed by atoms with Crippen LogP contribution in [-0.4, -0.2) is 11.6 Å². The van der Waals surface area contributed by atoms with Crippen LogP contribution in [0.5, 0.6) is 0 Å². The number of aryl methyl sites for hydroxylation is 2. The van der Waals surface area contributed by atoms with Crippen molar-refractivity contribution in [1.29, 1.82) is 0 Å². The van der Waals surface area contributed by atoms with Crippen molar-refractivity contribution < 1.29 is 9.59 Å². The molecule has 0 saturated heterocycles. The largest absolute Gasteiger partial charge is 0.309 e. The molecule has 45 heavy (non-hydrogen) atoms. The fourth-order valence-corrected chi connectivity index (χ4v) is 7.17. The minimum absolute atomic E-state index is 0.201. The lowest BCUT2D eigenvalue weighted by atomic mass is 9.87. The van der Waals surface area contributed by atoms with Gasteiger partial charge in [0.15, 0.2) is 11.6 Å². The number of rotatable bonds is 2. The van der Waals surface area contributed by atoms with Crippen LogP contribution in [0.4, 0.5) is 17.1 Å². The average molecular weight is 578 g/mol. The summed E-state index contributed by atoms with van der Waals surface area (Å²) in [6, 6.07) is 42.4. The lowest BCUT2D eigenvalue weighted by Crippen LogP contribution is -2.15. The van der Waals surface area contributed by atoms with Gasteiger partial charge in [-0.1, -0.05) is 78.9 Å². The first-order valence-electron chi connectivity index (χ1n) is 15.3. The van der Waals surface area contributed by atoms with Gasteiger partial charge in [0.1, 0.15) is 0 Å². The molecule has 7 aromatic rings. The van der Waals surface area contributed by atoms with Crippen LogP contribution in [0.3, 0.4) is 0 Å². The summed E-state index contributed by atoms with van der Waals surface area (Å²) in [7, 11) is 0. The molecule has 2 aliphatic rings.